The number of hydrogen-bond donors (Lipinski definition) is 2. The molecule has 0 bridgehead atoms. The minimum Gasteiger partial charge on any atom is -0.317 e. The minimum atomic E-state index is -1.45. The Morgan fingerprint density at radius 1 is 1.32 bits per heavy atom. The molecule has 0 aromatic heterocycles. The highest BCUT2D eigenvalue weighted by Gasteiger charge is 2.33. The van der Waals surface area contributed by atoms with E-state index in [4.69, 9.17) is 5.21 Å². The first kappa shape index (κ1) is 18.4. The summed E-state index contributed by atoms with van der Waals surface area (Å²) < 4.78 is 0. The fraction of sp³-hybridized carbons (Fsp3) is 0.750. The summed E-state index contributed by atoms with van der Waals surface area (Å²) in [4.78, 5) is 0. The highest BCUT2D eigenvalue weighted by atomic mass is 28.3. The van der Waals surface area contributed by atoms with Gasteiger partial charge in [0.15, 0.2) is 0 Å². The number of allylic oxidation sites excluding steroid dienone is 1. The van der Waals surface area contributed by atoms with Crippen LogP contribution in [0.25, 0.3) is 0 Å². The molecule has 0 saturated heterocycles. The summed E-state index contributed by atoms with van der Waals surface area (Å²) in [6, 6.07) is 0.174. The van der Waals surface area contributed by atoms with Crippen molar-refractivity contribution in [2.75, 3.05) is 0 Å². The number of rotatable bonds is 7. The fourth-order valence-electron chi connectivity index (χ4n) is 1.50. The molecule has 19 heavy (non-hydrogen) atoms. The quantitative estimate of drug-likeness (QED) is 0.236. The van der Waals surface area contributed by atoms with Crippen LogP contribution in [0.1, 0.15) is 52.9 Å². The second-order valence-corrected chi connectivity index (χ2v) is 11.8. The van der Waals surface area contributed by atoms with Gasteiger partial charge in [0.2, 0.25) is 0 Å². The van der Waals surface area contributed by atoms with E-state index in [1.165, 1.54) is 0 Å². The third-order valence-electron chi connectivity index (χ3n) is 4.03. The molecule has 0 aromatic rings. The average Bonchev–Trinajstić information content (AvgIpc) is 2.31. The molecule has 2 nitrogen and oxygen atoms in total. The normalized spacial score (nSPS) is 13.6. The molecule has 3 heteroatoms. The van der Waals surface area contributed by atoms with E-state index in [9.17, 15) is 0 Å². The van der Waals surface area contributed by atoms with Gasteiger partial charge in [-0.25, -0.2) is 5.48 Å². The summed E-state index contributed by atoms with van der Waals surface area (Å²) in [6.07, 6.45) is 6.71. The van der Waals surface area contributed by atoms with E-state index in [-0.39, 0.29) is 6.04 Å². The van der Waals surface area contributed by atoms with E-state index in [0.29, 0.717) is 5.04 Å². The van der Waals surface area contributed by atoms with Gasteiger partial charge in [0.25, 0.3) is 0 Å². The van der Waals surface area contributed by atoms with Gasteiger partial charge in [0.05, 0.1) is 0 Å². The van der Waals surface area contributed by atoms with E-state index >= 15 is 0 Å². The zero-order valence-corrected chi connectivity index (χ0v) is 14.3. The molecule has 0 aliphatic heterocycles. The van der Waals surface area contributed by atoms with Crippen LogP contribution in [0.15, 0.2) is 12.7 Å². The van der Waals surface area contributed by atoms with Gasteiger partial charge in [-0.05, 0) is 30.7 Å². The number of hydroxylamine groups is 1. The Balaban J connectivity index is 4.07. The highest BCUT2D eigenvalue weighted by Crippen LogP contribution is 2.35. The van der Waals surface area contributed by atoms with Crippen LogP contribution in [0.4, 0.5) is 0 Å². The zero-order valence-electron chi connectivity index (χ0n) is 13.3. The minimum absolute atomic E-state index is 0.174. The molecule has 0 amide bonds. The predicted octanol–water partition coefficient (Wildman–Crippen LogP) is 4.52. The number of nitrogens with one attached hydrogen (secondary N) is 1. The molecule has 0 spiro atoms. The van der Waals surface area contributed by atoms with Crippen molar-refractivity contribution in [1.82, 2.24) is 5.48 Å². The third kappa shape index (κ3) is 7.56. The lowest BCUT2D eigenvalue weighted by Gasteiger charge is -2.31. The van der Waals surface area contributed by atoms with Crippen LogP contribution < -0.4 is 5.48 Å². The molecule has 0 aromatic carbocycles. The maximum Gasteiger partial charge on any atom is 0.137 e. The summed E-state index contributed by atoms with van der Waals surface area (Å²) in [5.41, 5.74) is 5.90. The van der Waals surface area contributed by atoms with E-state index in [2.05, 4.69) is 57.4 Å². The second-order valence-electron chi connectivity index (χ2n) is 6.76. The van der Waals surface area contributed by atoms with Gasteiger partial charge in [-0.1, -0.05) is 39.9 Å². The van der Waals surface area contributed by atoms with Crippen LogP contribution in [0, 0.1) is 11.5 Å². The maximum absolute atomic E-state index is 9.03. The first-order valence-electron chi connectivity index (χ1n) is 7.25. The van der Waals surface area contributed by atoms with Crippen molar-refractivity contribution in [2.45, 2.75) is 77.0 Å². The lowest BCUT2D eigenvalue weighted by molar-refractivity contribution is 0.117. The molecule has 0 fully saturated rings. The van der Waals surface area contributed by atoms with E-state index in [1.807, 2.05) is 6.08 Å². The van der Waals surface area contributed by atoms with Gasteiger partial charge in [-0.3, -0.25) is 0 Å². The van der Waals surface area contributed by atoms with Crippen LogP contribution in [0.5, 0.6) is 0 Å². The number of hydrogen-bond acceptors (Lipinski definition) is 2. The van der Waals surface area contributed by atoms with Crippen LogP contribution in [0.2, 0.25) is 18.1 Å². The summed E-state index contributed by atoms with van der Waals surface area (Å²) >= 11 is 0. The molecule has 0 aliphatic rings. The monoisotopic (exact) mass is 281 g/mol. The standard InChI is InChI=1S/C16H31NOSi/c1-7-8-12-15(17-18)13-10-9-11-14-19(5,6)16(2,3)4/h7,15,17-18H,1,8-10,12-13H2,2-6H3. The van der Waals surface area contributed by atoms with Gasteiger partial charge in [-0.15, -0.1) is 18.0 Å². The maximum atomic E-state index is 9.03. The van der Waals surface area contributed by atoms with Gasteiger partial charge in [-0.2, -0.15) is 0 Å². The topological polar surface area (TPSA) is 32.3 Å². The van der Waals surface area contributed by atoms with Gasteiger partial charge in [0.1, 0.15) is 8.07 Å². The molecule has 0 aliphatic carbocycles. The molecule has 0 saturated carbocycles. The largest absolute Gasteiger partial charge is 0.317 e. The third-order valence-corrected chi connectivity index (χ3v) is 8.58. The van der Waals surface area contributed by atoms with Gasteiger partial charge < -0.3 is 5.21 Å². The lowest BCUT2D eigenvalue weighted by atomic mass is 10.1. The van der Waals surface area contributed by atoms with E-state index in [0.717, 1.165) is 32.1 Å². The Hall–Kier alpha value is -0.563. The smallest absolute Gasteiger partial charge is 0.137 e. The molecule has 0 rings (SSSR count). The second kappa shape index (κ2) is 8.58. The summed E-state index contributed by atoms with van der Waals surface area (Å²) in [5.74, 6) is 3.35. The molecular formula is C16H31NOSi. The van der Waals surface area contributed by atoms with Gasteiger partial charge >= 0.3 is 0 Å². The Kier molecular flexibility index (Phi) is 8.32. The van der Waals surface area contributed by atoms with Crippen molar-refractivity contribution < 1.29 is 5.21 Å². The van der Waals surface area contributed by atoms with Crippen molar-refractivity contribution in [3.8, 4) is 11.5 Å². The summed E-state index contributed by atoms with van der Waals surface area (Å²) in [7, 11) is -1.45. The molecule has 110 valence electrons. The summed E-state index contributed by atoms with van der Waals surface area (Å²) in [5, 5.41) is 9.36. The fourth-order valence-corrected chi connectivity index (χ4v) is 2.44. The van der Waals surface area contributed by atoms with Crippen molar-refractivity contribution in [1.29, 1.82) is 0 Å². The van der Waals surface area contributed by atoms with Crippen LogP contribution in [-0.2, 0) is 0 Å². The Morgan fingerprint density at radius 3 is 2.42 bits per heavy atom. The Bertz CT molecular complexity index is 320. The first-order valence-corrected chi connectivity index (χ1v) is 10.2. The lowest BCUT2D eigenvalue weighted by Crippen LogP contribution is -2.35. The molecule has 1 atom stereocenters. The van der Waals surface area contributed by atoms with Crippen LogP contribution in [0.3, 0.4) is 0 Å². The Morgan fingerprint density at radius 2 is 1.95 bits per heavy atom. The van der Waals surface area contributed by atoms with Crippen LogP contribution in [-0.4, -0.2) is 19.3 Å². The van der Waals surface area contributed by atoms with E-state index in [1.54, 1.807) is 0 Å². The van der Waals surface area contributed by atoms with Crippen LogP contribution >= 0.6 is 0 Å². The number of unbranched alkanes of at least 4 members (excludes halogenated alkanes) is 1. The van der Waals surface area contributed by atoms with Crippen molar-refractivity contribution >= 4 is 8.07 Å². The zero-order chi connectivity index (χ0) is 14.9. The van der Waals surface area contributed by atoms with Crippen molar-refractivity contribution in [3.05, 3.63) is 12.7 Å². The molecule has 1 unspecified atom stereocenters. The molecule has 0 radical (unpaired) electrons. The molecule has 2 N–H and O–H groups in total. The van der Waals surface area contributed by atoms with Crippen molar-refractivity contribution in [3.63, 3.8) is 0 Å². The van der Waals surface area contributed by atoms with Crippen molar-refractivity contribution in [2.24, 2.45) is 0 Å². The predicted molar refractivity (Wildman–Crippen MR) is 87.0 cm³/mol. The van der Waals surface area contributed by atoms with Gasteiger partial charge in [0, 0.05) is 12.5 Å². The highest BCUT2D eigenvalue weighted by molar-refractivity contribution is 6.87. The SMILES string of the molecule is C=CCCC(CCCC#C[Si](C)(C)C(C)(C)C)NO. The summed E-state index contributed by atoms with van der Waals surface area (Å²) in [6.45, 7) is 15.2. The molecular weight excluding hydrogens is 250 g/mol. The van der Waals surface area contributed by atoms with E-state index < -0.39 is 8.07 Å². The molecule has 0 heterocycles. The Labute approximate surface area is 120 Å². The average molecular weight is 282 g/mol. The first-order chi connectivity index (χ1) is 8.74.